The van der Waals surface area contributed by atoms with Crippen molar-refractivity contribution in [2.75, 3.05) is 18.5 Å². The van der Waals surface area contributed by atoms with Crippen molar-refractivity contribution in [1.29, 1.82) is 5.26 Å². The maximum atomic E-state index is 11.6. The van der Waals surface area contributed by atoms with Crippen LogP contribution in [-0.4, -0.2) is 19.1 Å². The SMILES string of the molecule is CC(CN)CC(=O)Nc1ccc(OCC#N)cc1. The third kappa shape index (κ3) is 4.85. The van der Waals surface area contributed by atoms with E-state index in [9.17, 15) is 4.79 Å². The smallest absolute Gasteiger partial charge is 0.224 e. The Kier molecular flexibility index (Phi) is 5.68. The van der Waals surface area contributed by atoms with E-state index in [4.69, 9.17) is 15.7 Å². The number of ether oxygens (including phenoxy) is 1. The van der Waals surface area contributed by atoms with Gasteiger partial charge < -0.3 is 15.8 Å². The van der Waals surface area contributed by atoms with Crippen LogP contribution in [0.15, 0.2) is 24.3 Å². The normalized spacial score (nSPS) is 11.4. The number of nitriles is 1. The molecule has 3 N–H and O–H groups in total. The van der Waals surface area contributed by atoms with Gasteiger partial charge in [-0.25, -0.2) is 0 Å². The van der Waals surface area contributed by atoms with Gasteiger partial charge in [-0.15, -0.1) is 0 Å². The lowest BCUT2D eigenvalue weighted by Crippen LogP contribution is -2.20. The van der Waals surface area contributed by atoms with E-state index in [1.54, 1.807) is 24.3 Å². The Morgan fingerprint density at radius 3 is 2.72 bits per heavy atom. The third-order valence-electron chi connectivity index (χ3n) is 2.38. The van der Waals surface area contributed by atoms with Crippen molar-refractivity contribution < 1.29 is 9.53 Å². The summed E-state index contributed by atoms with van der Waals surface area (Å²) in [4.78, 5) is 11.6. The Bertz CT molecular complexity index is 423. The topological polar surface area (TPSA) is 88.1 Å². The first-order chi connectivity index (χ1) is 8.65. The number of nitrogens with two attached hydrogens (primary N) is 1. The van der Waals surface area contributed by atoms with Crippen molar-refractivity contribution >= 4 is 11.6 Å². The standard InChI is InChI=1S/C13H17N3O2/c1-10(9-15)8-13(17)16-11-2-4-12(5-3-11)18-7-6-14/h2-5,10H,7-9,15H2,1H3,(H,16,17). The molecule has 0 fully saturated rings. The van der Waals surface area contributed by atoms with Gasteiger partial charge >= 0.3 is 0 Å². The van der Waals surface area contributed by atoms with Crippen LogP contribution in [0.2, 0.25) is 0 Å². The summed E-state index contributed by atoms with van der Waals surface area (Å²) in [5.41, 5.74) is 6.16. The second-order valence-corrected chi connectivity index (χ2v) is 4.06. The molecule has 0 aliphatic carbocycles. The predicted molar refractivity (Wildman–Crippen MR) is 69.0 cm³/mol. The van der Waals surface area contributed by atoms with Crippen LogP contribution < -0.4 is 15.8 Å². The summed E-state index contributed by atoms with van der Waals surface area (Å²) in [7, 11) is 0. The highest BCUT2D eigenvalue weighted by Crippen LogP contribution is 2.16. The van der Waals surface area contributed by atoms with Crippen molar-refractivity contribution in [3.8, 4) is 11.8 Å². The van der Waals surface area contributed by atoms with E-state index in [-0.39, 0.29) is 18.4 Å². The van der Waals surface area contributed by atoms with Gasteiger partial charge in [0.2, 0.25) is 5.91 Å². The van der Waals surface area contributed by atoms with Crippen molar-refractivity contribution in [2.24, 2.45) is 11.7 Å². The molecule has 1 atom stereocenters. The highest BCUT2D eigenvalue weighted by Gasteiger charge is 2.07. The molecule has 1 rings (SSSR count). The van der Waals surface area contributed by atoms with E-state index in [1.165, 1.54) is 0 Å². The van der Waals surface area contributed by atoms with Gasteiger partial charge in [0, 0.05) is 12.1 Å². The summed E-state index contributed by atoms with van der Waals surface area (Å²) < 4.78 is 5.11. The lowest BCUT2D eigenvalue weighted by Gasteiger charge is -2.09. The number of hydrogen-bond acceptors (Lipinski definition) is 4. The van der Waals surface area contributed by atoms with E-state index in [1.807, 2.05) is 13.0 Å². The lowest BCUT2D eigenvalue weighted by molar-refractivity contribution is -0.116. The van der Waals surface area contributed by atoms with Gasteiger partial charge in [-0.05, 0) is 36.7 Å². The molecule has 0 radical (unpaired) electrons. The molecule has 0 saturated carbocycles. The minimum atomic E-state index is -0.0568. The first-order valence-electron chi connectivity index (χ1n) is 5.75. The van der Waals surface area contributed by atoms with E-state index in [0.29, 0.717) is 24.4 Å². The van der Waals surface area contributed by atoms with Gasteiger partial charge in [-0.1, -0.05) is 6.92 Å². The zero-order valence-corrected chi connectivity index (χ0v) is 10.3. The van der Waals surface area contributed by atoms with Crippen LogP contribution in [-0.2, 0) is 4.79 Å². The maximum absolute atomic E-state index is 11.6. The third-order valence-corrected chi connectivity index (χ3v) is 2.38. The Morgan fingerprint density at radius 2 is 2.17 bits per heavy atom. The van der Waals surface area contributed by atoms with Crippen LogP contribution in [0.4, 0.5) is 5.69 Å². The van der Waals surface area contributed by atoms with Gasteiger partial charge in [-0.3, -0.25) is 4.79 Å². The highest BCUT2D eigenvalue weighted by atomic mass is 16.5. The molecular formula is C13H17N3O2. The molecular weight excluding hydrogens is 230 g/mol. The van der Waals surface area contributed by atoms with Crippen LogP contribution in [0.25, 0.3) is 0 Å². The number of anilines is 1. The van der Waals surface area contributed by atoms with Crippen LogP contribution >= 0.6 is 0 Å². The molecule has 0 heterocycles. The highest BCUT2D eigenvalue weighted by molar-refractivity contribution is 5.90. The van der Waals surface area contributed by atoms with Crippen molar-refractivity contribution in [3.63, 3.8) is 0 Å². The molecule has 18 heavy (non-hydrogen) atoms. The molecule has 96 valence electrons. The summed E-state index contributed by atoms with van der Waals surface area (Å²) in [5, 5.41) is 11.1. The first-order valence-corrected chi connectivity index (χ1v) is 5.75. The van der Waals surface area contributed by atoms with Gasteiger partial charge in [0.05, 0.1) is 0 Å². The monoisotopic (exact) mass is 247 g/mol. The van der Waals surface area contributed by atoms with Gasteiger partial charge in [0.25, 0.3) is 0 Å². The van der Waals surface area contributed by atoms with Crippen LogP contribution in [0.3, 0.4) is 0 Å². The lowest BCUT2D eigenvalue weighted by atomic mass is 10.1. The fraction of sp³-hybridized carbons (Fsp3) is 0.385. The average Bonchev–Trinajstić information content (AvgIpc) is 2.37. The number of rotatable bonds is 6. The van der Waals surface area contributed by atoms with E-state index >= 15 is 0 Å². The second kappa shape index (κ2) is 7.30. The Morgan fingerprint density at radius 1 is 1.50 bits per heavy atom. The largest absolute Gasteiger partial charge is 0.479 e. The van der Waals surface area contributed by atoms with Gasteiger partial charge in [0.1, 0.15) is 11.8 Å². The molecule has 0 aromatic heterocycles. The van der Waals surface area contributed by atoms with Crippen molar-refractivity contribution in [3.05, 3.63) is 24.3 Å². The molecule has 1 aromatic carbocycles. The molecule has 0 aliphatic heterocycles. The maximum Gasteiger partial charge on any atom is 0.224 e. The fourth-order valence-corrected chi connectivity index (χ4v) is 1.36. The van der Waals surface area contributed by atoms with Crippen LogP contribution in [0.5, 0.6) is 5.75 Å². The summed E-state index contributed by atoms with van der Waals surface area (Å²) in [6, 6.07) is 8.77. The number of amides is 1. The molecule has 0 spiro atoms. The summed E-state index contributed by atoms with van der Waals surface area (Å²) in [5.74, 6) is 0.715. The van der Waals surface area contributed by atoms with E-state index in [0.717, 1.165) is 0 Å². The van der Waals surface area contributed by atoms with E-state index < -0.39 is 0 Å². The Balaban J connectivity index is 2.48. The molecule has 5 heteroatoms. The van der Waals surface area contributed by atoms with Crippen molar-refractivity contribution in [1.82, 2.24) is 0 Å². The molecule has 0 saturated heterocycles. The molecule has 1 unspecified atom stereocenters. The predicted octanol–water partition coefficient (Wildman–Crippen LogP) is 1.51. The van der Waals surface area contributed by atoms with Gasteiger partial charge in [-0.2, -0.15) is 5.26 Å². The first kappa shape index (κ1) is 14.0. The fourth-order valence-electron chi connectivity index (χ4n) is 1.36. The Labute approximate surface area is 107 Å². The Hall–Kier alpha value is -2.06. The zero-order chi connectivity index (χ0) is 13.4. The molecule has 5 nitrogen and oxygen atoms in total. The van der Waals surface area contributed by atoms with Crippen molar-refractivity contribution in [2.45, 2.75) is 13.3 Å². The van der Waals surface area contributed by atoms with Crippen LogP contribution in [0.1, 0.15) is 13.3 Å². The number of carbonyl (C=O) groups is 1. The summed E-state index contributed by atoms with van der Waals surface area (Å²) >= 11 is 0. The number of nitrogens with one attached hydrogen (secondary N) is 1. The van der Waals surface area contributed by atoms with Gasteiger partial charge in [0.15, 0.2) is 6.61 Å². The number of nitrogens with zero attached hydrogens (tertiary/aromatic N) is 1. The quantitative estimate of drug-likeness (QED) is 0.797. The minimum absolute atomic E-state index is 0.0136. The number of carbonyl (C=O) groups excluding carboxylic acids is 1. The number of hydrogen-bond donors (Lipinski definition) is 2. The average molecular weight is 247 g/mol. The summed E-state index contributed by atoms with van der Waals surface area (Å²) in [6.45, 7) is 2.44. The molecule has 1 amide bonds. The molecule has 0 bridgehead atoms. The second-order valence-electron chi connectivity index (χ2n) is 4.06. The summed E-state index contributed by atoms with van der Waals surface area (Å²) in [6.07, 6.45) is 0.406. The van der Waals surface area contributed by atoms with Crippen LogP contribution in [0, 0.1) is 17.2 Å². The zero-order valence-electron chi connectivity index (χ0n) is 10.3. The molecule has 0 aliphatic rings. The number of benzene rings is 1. The molecule has 1 aromatic rings. The van der Waals surface area contributed by atoms with E-state index in [2.05, 4.69) is 5.32 Å². The minimum Gasteiger partial charge on any atom is -0.479 e.